The number of hydrogen-bond donors (Lipinski definition) is 0. The zero-order valence-corrected chi connectivity index (χ0v) is 13.0. The van der Waals surface area contributed by atoms with Gasteiger partial charge in [0.05, 0.1) is 0 Å². The standard InChI is InChI=1S/C15H32O4/c1-4-16-10-7-11-19-14-15(8-12-17-5-2)9-13-18-6-3/h15H,4-14H2,1-3H3. The summed E-state index contributed by atoms with van der Waals surface area (Å²) in [6.07, 6.45) is 3.07. The van der Waals surface area contributed by atoms with Crippen molar-refractivity contribution in [3.05, 3.63) is 0 Å². The molecule has 0 aromatic carbocycles. The summed E-state index contributed by atoms with van der Waals surface area (Å²) in [7, 11) is 0. The van der Waals surface area contributed by atoms with Gasteiger partial charge in [-0.1, -0.05) is 0 Å². The molecule has 0 aliphatic carbocycles. The lowest BCUT2D eigenvalue weighted by Crippen LogP contribution is -2.16. The quantitative estimate of drug-likeness (QED) is 0.431. The summed E-state index contributed by atoms with van der Waals surface area (Å²) < 4.78 is 21.8. The van der Waals surface area contributed by atoms with Crippen LogP contribution < -0.4 is 0 Å². The summed E-state index contributed by atoms with van der Waals surface area (Å²) in [5.74, 6) is 0.533. The van der Waals surface area contributed by atoms with Crippen LogP contribution >= 0.6 is 0 Å². The van der Waals surface area contributed by atoms with E-state index >= 15 is 0 Å². The van der Waals surface area contributed by atoms with Gasteiger partial charge in [-0.2, -0.15) is 0 Å². The molecule has 0 aromatic heterocycles. The Bertz CT molecular complexity index is 154. The van der Waals surface area contributed by atoms with Crippen molar-refractivity contribution in [2.75, 3.05) is 52.9 Å². The fourth-order valence-electron chi connectivity index (χ4n) is 1.76. The second kappa shape index (κ2) is 15.9. The number of hydrogen-bond acceptors (Lipinski definition) is 4. The van der Waals surface area contributed by atoms with Crippen LogP contribution in [0.5, 0.6) is 0 Å². The monoisotopic (exact) mass is 276 g/mol. The highest BCUT2D eigenvalue weighted by Gasteiger charge is 2.09. The van der Waals surface area contributed by atoms with Gasteiger partial charge in [0.1, 0.15) is 0 Å². The van der Waals surface area contributed by atoms with E-state index in [4.69, 9.17) is 18.9 Å². The molecule has 0 aliphatic heterocycles. The van der Waals surface area contributed by atoms with Gasteiger partial charge < -0.3 is 18.9 Å². The van der Waals surface area contributed by atoms with E-state index < -0.39 is 0 Å². The fraction of sp³-hybridized carbons (Fsp3) is 1.00. The molecule has 0 saturated heterocycles. The highest BCUT2D eigenvalue weighted by atomic mass is 16.5. The van der Waals surface area contributed by atoms with Gasteiger partial charge in [-0.25, -0.2) is 0 Å². The third-order valence-electron chi connectivity index (χ3n) is 2.88. The lowest BCUT2D eigenvalue weighted by atomic mass is 10.0. The predicted molar refractivity (Wildman–Crippen MR) is 77.6 cm³/mol. The van der Waals surface area contributed by atoms with E-state index in [9.17, 15) is 0 Å². The van der Waals surface area contributed by atoms with Crippen LogP contribution in [0.15, 0.2) is 0 Å². The molecular weight excluding hydrogens is 244 g/mol. The van der Waals surface area contributed by atoms with Crippen molar-refractivity contribution in [3.8, 4) is 0 Å². The molecule has 19 heavy (non-hydrogen) atoms. The van der Waals surface area contributed by atoms with Crippen LogP contribution in [-0.2, 0) is 18.9 Å². The van der Waals surface area contributed by atoms with E-state index in [0.717, 1.165) is 72.1 Å². The summed E-state index contributed by atoms with van der Waals surface area (Å²) in [5.41, 5.74) is 0. The Morgan fingerprint density at radius 3 is 1.63 bits per heavy atom. The lowest BCUT2D eigenvalue weighted by Gasteiger charge is -2.17. The molecule has 4 heteroatoms. The smallest absolute Gasteiger partial charge is 0.0495 e. The SMILES string of the molecule is CCOCCCOCC(CCOCC)CCOCC. The van der Waals surface area contributed by atoms with Gasteiger partial charge in [0.2, 0.25) is 0 Å². The third kappa shape index (κ3) is 14.1. The summed E-state index contributed by atoms with van der Waals surface area (Å²) in [6.45, 7) is 12.4. The van der Waals surface area contributed by atoms with E-state index in [1.165, 1.54) is 0 Å². The van der Waals surface area contributed by atoms with Crippen molar-refractivity contribution in [2.45, 2.75) is 40.0 Å². The summed E-state index contributed by atoms with van der Waals surface area (Å²) in [4.78, 5) is 0. The minimum absolute atomic E-state index is 0.533. The number of ether oxygens (including phenoxy) is 4. The maximum Gasteiger partial charge on any atom is 0.0495 e. The lowest BCUT2D eigenvalue weighted by molar-refractivity contribution is 0.0417. The molecule has 0 aliphatic rings. The van der Waals surface area contributed by atoms with Crippen molar-refractivity contribution in [2.24, 2.45) is 5.92 Å². The first kappa shape index (κ1) is 18.8. The molecule has 0 unspecified atom stereocenters. The summed E-state index contributed by atoms with van der Waals surface area (Å²) in [6, 6.07) is 0. The van der Waals surface area contributed by atoms with Gasteiger partial charge in [-0.05, 0) is 46.0 Å². The molecule has 0 N–H and O–H groups in total. The van der Waals surface area contributed by atoms with Gasteiger partial charge >= 0.3 is 0 Å². The Morgan fingerprint density at radius 2 is 1.11 bits per heavy atom. The minimum atomic E-state index is 0.533. The van der Waals surface area contributed by atoms with E-state index in [1.807, 2.05) is 20.8 Å². The molecule has 0 heterocycles. The molecular formula is C15H32O4. The average molecular weight is 276 g/mol. The Kier molecular flexibility index (Phi) is 15.8. The van der Waals surface area contributed by atoms with Crippen LogP contribution in [0.3, 0.4) is 0 Å². The highest BCUT2D eigenvalue weighted by molar-refractivity contribution is 4.58. The minimum Gasteiger partial charge on any atom is -0.382 e. The molecule has 0 spiro atoms. The molecule has 0 radical (unpaired) electrons. The zero-order valence-electron chi connectivity index (χ0n) is 13.0. The van der Waals surface area contributed by atoms with E-state index in [0.29, 0.717) is 5.92 Å². The maximum atomic E-state index is 5.71. The van der Waals surface area contributed by atoms with Gasteiger partial charge in [0.15, 0.2) is 0 Å². The third-order valence-corrected chi connectivity index (χ3v) is 2.88. The highest BCUT2D eigenvalue weighted by Crippen LogP contribution is 2.10. The van der Waals surface area contributed by atoms with Crippen LogP contribution in [0, 0.1) is 5.92 Å². The molecule has 0 aromatic rings. The van der Waals surface area contributed by atoms with E-state index in [2.05, 4.69) is 0 Å². The van der Waals surface area contributed by atoms with Crippen molar-refractivity contribution < 1.29 is 18.9 Å². The molecule has 0 fully saturated rings. The van der Waals surface area contributed by atoms with Crippen LogP contribution in [-0.4, -0.2) is 52.9 Å². The first-order valence-corrected chi connectivity index (χ1v) is 7.66. The van der Waals surface area contributed by atoms with Crippen molar-refractivity contribution in [1.29, 1.82) is 0 Å². The number of rotatable bonds is 15. The predicted octanol–water partition coefficient (Wildman–Crippen LogP) is 2.90. The molecule has 0 atom stereocenters. The Morgan fingerprint density at radius 1 is 0.632 bits per heavy atom. The summed E-state index contributed by atoms with van der Waals surface area (Å²) in [5, 5.41) is 0. The van der Waals surface area contributed by atoms with E-state index in [-0.39, 0.29) is 0 Å². The molecule has 0 bridgehead atoms. The topological polar surface area (TPSA) is 36.9 Å². The normalized spacial score (nSPS) is 11.4. The Labute approximate surface area is 118 Å². The molecule has 0 amide bonds. The second-order valence-electron chi connectivity index (χ2n) is 4.46. The van der Waals surface area contributed by atoms with Crippen molar-refractivity contribution in [1.82, 2.24) is 0 Å². The van der Waals surface area contributed by atoms with Gasteiger partial charge in [0.25, 0.3) is 0 Å². The molecule has 116 valence electrons. The van der Waals surface area contributed by atoms with Gasteiger partial charge in [-0.15, -0.1) is 0 Å². The molecule has 4 nitrogen and oxygen atoms in total. The van der Waals surface area contributed by atoms with Gasteiger partial charge in [-0.3, -0.25) is 0 Å². The van der Waals surface area contributed by atoms with Crippen molar-refractivity contribution >= 4 is 0 Å². The average Bonchev–Trinajstić information content (AvgIpc) is 2.42. The first-order valence-electron chi connectivity index (χ1n) is 7.66. The molecule has 0 rings (SSSR count). The Balaban J connectivity index is 3.58. The largest absolute Gasteiger partial charge is 0.382 e. The van der Waals surface area contributed by atoms with E-state index in [1.54, 1.807) is 0 Å². The van der Waals surface area contributed by atoms with Gasteiger partial charge in [0, 0.05) is 52.9 Å². The van der Waals surface area contributed by atoms with Crippen LogP contribution in [0.1, 0.15) is 40.0 Å². The van der Waals surface area contributed by atoms with Crippen LogP contribution in [0.2, 0.25) is 0 Å². The Hall–Kier alpha value is -0.160. The van der Waals surface area contributed by atoms with Crippen LogP contribution in [0.4, 0.5) is 0 Å². The first-order chi connectivity index (χ1) is 9.35. The summed E-state index contributed by atoms with van der Waals surface area (Å²) >= 11 is 0. The zero-order chi connectivity index (χ0) is 14.2. The second-order valence-corrected chi connectivity index (χ2v) is 4.46. The van der Waals surface area contributed by atoms with Crippen molar-refractivity contribution in [3.63, 3.8) is 0 Å². The maximum absolute atomic E-state index is 5.71. The fourth-order valence-corrected chi connectivity index (χ4v) is 1.76. The van der Waals surface area contributed by atoms with Crippen LogP contribution in [0.25, 0.3) is 0 Å². The molecule has 0 saturated carbocycles.